The Balaban J connectivity index is 0.00000306. The van der Waals surface area contributed by atoms with Gasteiger partial charge in [-0.05, 0) is 91.7 Å². The number of aliphatic carboxylic acids is 1. The third-order valence-corrected chi connectivity index (χ3v) is 6.44. The van der Waals surface area contributed by atoms with E-state index in [9.17, 15) is 4.79 Å². The molecule has 3 aromatic rings. The van der Waals surface area contributed by atoms with Crippen LogP contribution in [0.25, 0.3) is 10.8 Å². The summed E-state index contributed by atoms with van der Waals surface area (Å²) >= 11 is 0. The molecule has 0 aliphatic carbocycles. The second-order valence-electron chi connectivity index (χ2n) is 8.88. The van der Waals surface area contributed by atoms with Crippen LogP contribution in [0.2, 0.25) is 0 Å². The van der Waals surface area contributed by atoms with Crippen molar-refractivity contribution >= 4 is 29.1 Å². The lowest BCUT2D eigenvalue weighted by Crippen LogP contribution is -2.35. The standard InChI is InChI=1S/C28H33NO3.ClH/c30-28(31)24-14-16-29(17-15-24)21-23-10-11-26-20-27(13-12-25(26)19-23)32-18-6-2-5-9-22-7-3-1-4-8-22;/h1,3-4,7-8,10-13,19-20,24H,2,5-6,9,14-18,21H2,(H,30,31);1H. The van der Waals surface area contributed by atoms with Crippen molar-refractivity contribution < 1.29 is 14.6 Å². The predicted octanol–water partition coefficient (Wildman–Crippen LogP) is 6.35. The first-order valence-electron chi connectivity index (χ1n) is 11.8. The van der Waals surface area contributed by atoms with Gasteiger partial charge in [-0.1, -0.05) is 48.5 Å². The number of halogens is 1. The van der Waals surface area contributed by atoms with Crippen molar-refractivity contribution in [3.8, 4) is 5.75 Å². The van der Waals surface area contributed by atoms with E-state index in [1.54, 1.807) is 0 Å². The largest absolute Gasteiger partial charge is 0.494 e. The van der Waals surface area contributed by atoms with Gasteiger partial charge in [-0.3, -0.25) is 9.69 Å². The molecule has 1 aliphatic rings. The van der Waals surface area contributed by atoms with Crippen LogP contribution in [0.1, 0.15) is 43.2 Å². The molecule has 0 radical (unpaired) electrons. The molecule has 1 heterocycles. The molecule has 1 fully saturated rings. The first kappa shape index (κ1) is 25.1. The van der Waals surface area contributed by atoms with Crippen molar-refractivity contribution in [1.82, 2.24) is 4.90 Å². The third kappa shape index (κ3) is 7.48. The van der Waals surface area contributed by atoms with Gasteiger partial charge in [0.25, 0.3) is 0 Å². The van der Waals surface area contributed by atoms with Gasteiger partial charge in [0.1, 0.15) is 5.75 Å². The van der Waals surface area contributed by atoms with Crippen molar-refractivity contribution in [2.45, 2.75) is 45.1 Å². The average Bonchev–Trinajstić information content (AvgIpc) is 2.82. The Labute approximate surface area is 203 Å². The van der Waals surface area contributed by atoms with Crippen molar-refractivity contribution in [2.24, 2.45) is 5.92 Å². The van der Waals surface area contributed by atoms with E-state index < -0.39 is 5.97 Å². The summed E-state index contributed by atoms with van der Waals surface area (Å²) < 4.78 is 5.99. The maximum absolute atomic E-state index is 11.1. The summed E-state index contributed by atoms with van der Waals surface area (Å²) in [4.78, 5) is 13.5. The SMILES string of the molecule is Cl.O=C(O)C1CCN(Cc2ccc3cc(OCCCCCc4ccccc4)ccc3c2)CC1. The molecule has 4 rings (SSSR count). The number of aryl methyl sites for hydroxylation is 1. The predicted molar refractivity (Wildman–Crippen MR) is 136 cm³/mol. The third-order valence-electron chi connectivity index (χ3n) is 6.44. The number of carbonyl (C=O) groups is 1. The highest BCUT2D eigenvalue weighted by atomic mass is 35.5. The van der Waals surface area contributed by atoms with Crippen LogP contribution in [0.5, 0.6) is 5.75 Å². The van der Waals surface area contributed by atoms with Crippen LogP contribution in [-0.4, -0.2) is 35.7 Å². The lowest BCUT2D eigenvalue weighted by Gasteiger charge is -2.30. The number of benzene rings is 3. The molecule has 33 heavy (non-hydrogen) atoms. The summed E-state index contributed by atoms with van der Waals surface area (Å²) in [5, 5.41) is 11.6. The van der Waals surface area contributed by atoms with Crippen molar-refractivity contribution in [1.29, 1.82) is 0 Å². The number of hydrogen-bond acceptors (Lipinski definition) is 3. The lowest BCUT2D eigenvalue weighted by atomic mass is 9.96. The number of ether oxygens (including phenoxy) is 1. The molecular weight excluding hydrogens is 434 g/mol. The van der Waals surface area contributed by atoms with Gasteiger partial charge in [-0.2, -0.15) is 0 Å². The number of fused-ring (bicyclic) bond motifs is 1. The Bertz CT molecular complexity index is 1020. The number of carboxylic acids is 1. The topological polar surface area (TPSA) is 49.8 Å². The van der Waals surface area contributed by atoms with Gasteiger partial charge in [-0.25, -0.2) is 0 Å². The molecule has 0 aromatic heterocycles. The second kappa shape index (κ2) is 12.6. The van der Waals surface area contributed by atoms with E-state index in [2.05, 4.69) is 71.6 Å². The Hall–Kier alpha value is -2.56. The molecule has 0 bridgehead atoms. The average molecular weight is 468 g/mol. The summed E-state index contributed by atoms with van der Waals surface area (Å²) in [6.45, 7) is 3.34. The van der Waals surface area contributed by atoms with Gasteiger partial charge >= 0.3 is 5.97 Å². The van der Waals surface area contributed by atoms with Crippen LogP contribution >= 0.6 is 12.4 Å². The number of piperidine rings is 1. The number of likely N-dealkylation sites (tertiary alicyclic amines) is 1. The lowest BCUT2D eigenvalue weighted by molar-refractivity contribution is -0.143. The number of nitrogens with zero attached hydrogens (tertiary/aromatic N) is 1. The molecule has 3 aromatic carbocycles. The minimum absolute atomic E-state index is 0. The van der Waals surface area contributed by atoms with Crippen LogP contribution in [-0.2, 0) is 17.8 Å². The fraction of sp³-hybridized carbons (Fsp3) is 0.393. The molecule has 1 N–H and O–H groups in total. The zero-order valence-corrected chi connectivity index (χ0v) is 19.9. The van der Waals surface area contributed by atoms with Crippen LogP contribution in [0.4, 0.5) is 0 Å². The highest BCUT2D eigenvalue weighted by molar-refractivity contribution is 5.85. The van der Waals surface area contributed by atoms with Gasteiger partial charge in [0, 0.05) is 6.54 Å². The van der Waals surface area contributed by atoms with Crippen LogP contribution in [0, 0.1) is 5.92 Å². The second-order valence-corrected chi connectivity index (χ2v) is 8.88. The highest BCUT2D eigenvalue weighted by Crippen LogP contribution is 2.24. The molecule has 0 amide bonds. The Kier molecular flexibility index (Phi) is 9.59. The summed E-state index contributed by atoms with van der Waals surface area (Å²) in [7, 11) is 0. The smallest absolute Gasteiger partial charge is 0.306 e. The van der Waals surface area contributed by atoms with E-state index >= 15 is 0 Å². The highest BCUT2D eigenvalue weighted by Gasteiger charge is 2.24. The zero-order valence-electron chi connectivity index (χ0n) is 19.1. The Morgan fingerprint density at radius 3 is 2.36 bits per heavy atom. The van der Waals surface area contributed by atoms with E-state index in [4.69, 9.17) is 9.84 Å². The number of carboxylic acid groups (broad SMARTS) is 1. The zero-order chi connectivity index (χ0) is 22.2. The van der Waals surface area contributed by atoms with Gasteiger partial charge in [0.15, 0.2) is 0 Å². The van der Waals surface area contributed by atoms with Crippen molar-refractivity contribution in [2.75, 3.05) is 19.7 Å². The van der Waals surface area contributed by atoms with E-state index in [0.717, 1.165) is 57.7 Å². The molecule has 0 unspecified atom stereocenters. The summed E-state index contributed by atoms with van der Waals surface area (Å²) in [6, 6.07) is 23.6. The molecule has 0 spiro atoms. The van der Waals surface area contributed by atoms with Crippen molar-refractivity contribution in [3.63, 3.8) is 0 Å². The van der Waals surface area contributed by atoms with Crippen LogP contribution < -0.4 is 4.74 Å². The summed E-state index contributed by atoms with van der Waals surface area (Å²) in [6.07, 6.45) is 6.07. The monoisotopic (exact) mass is 467 g/mol. The molecule has 0 atom stereocenters. The van der Waals surface area contributed by atoms with Crippen LogP contribution in [0.15, 0.2) is 66.7 Å². The number of rotatable bonds is 10. The minimum Gasteiger partial charge on any atom is -0.494 e. The quantitative estimate of drug-likeness (QED) is 0.353. The van der Waals surface area contributed by atoms with Gasteiger partial charge in [0.05, 0.1) is 12.5 Å². The first-order chi connectivity index (χ1) is 15.7. The van der Waals surface area contributed by atoms with E-state index in [0.29, 0.717) is 0 Å². The molecule has 5 heteroatoms. The molecule has 1 aliphatic heterocycles. The van der Waals surface area contributed by atoms with Crippen molar-refractivity contribution in [3.05, 3.63) is 77.9 Å². The fourth-order valence-electron chi connectivity index (χ4n) is 4.50. The molecule has 1 saturated heterocycles. The van der Waals surface area contributed by atoms with Gasteiger partial charge in [0.2, 0.25) is 0 Å². The van der Waals surface area contributed by atoms with Gasteiger partial charge in [-0.15, -0.1) is 12.4 Å². The number of hydrogen-bond donors (Lipinski definition) is 1. The normalized spacial score (nSPS) is 14.7. The van der Waals surface area contributed by atoms with Crippen LogP contribution in [0.3, 0.4) is 0 Å². The fourth-order valence-corrected chi connectivity index (χ4v) is 4.50. The summed E-state index contributed by atoms with van der Waals surface area (Å²) in [5.74, 6) is 0.106. The maximum atomic E-state index is 11.1. The maximum Gasteiger partial charge on any atom is 0.306 e. The Morgan fingerprint density at radius 1 is 0.879 bits per heavy atom. The molecule has 176 valence electrons. The van der Waals surface area contributed by atoms with E-state index in [1.165, 1.54) is 34.7 Å². The first-order valence-corrected chi connectivity index (χ1v) is 11.8. The van der Waals surface area contributed by atoms with E-state index in [1.807, 2.05) is 0 Å². The van der Waals surface area contributed by atoms with Gasteiger partial charge < -0.3 is 9.84 Å². The molecular formula is C28H34ClNO3. The molecule has 4 nitrogen and oxygen atoms in total. The van der Waals surface area contributed by atoms with E-state index in [-0.39, 0.29) is 18.3 Å². The Morgan fingerprint density at radius 2 is 1.61 bits per heavy atom. The molecule has 0 saturated carbocycles. The minimum atomic E-state index is -0.652. The number of unbranched alkanes of at least 4 members (excludes halogenated alkanes) is 2. The summed E-state index contributed by atoms with van der Waals surface area (Å²) in [5.41, 5.74) is 2.69.